The van der Waals surface area contributed by atoms with E-state index in [0.29, 0.717) is 11.6 Å². The minimum atomic E-state index is -0.574. The number of fused-ring (bicyclic) bond motifs is 1. The Morgan fingerprint density at radius 1 is 1.28 bits per heavy atom. The average molecular weight is 395 g/mol. The van der Waals surface area contributed by atoms with Gasteiger partial charge in [0.25, 0.3) is 11.6 Å². The summed E-state index contributed by atoms with van der Waals surface area (Å²) in [5.41, 5.74) is 2.97. The second-order valence-electron chi connectivity index (χ2n) is 5.82. The number of carbonyl (C=O) groups excluding carboxylic acids is 1. The highest BCUT2D eigenvalue weighted by atomic mass is 16.7. The van der Waals surface area contributed by atoms with Crippen LogP contribution in [-0.2, 0) is 11.3 Å². The van der Waals surface area contributed by atoms with Crippen LogP contribution in [0, 0.1) is 10.1 Å². The van der Waals surface area contributed by atoms with Gasteiger partial charge in [-0.05, 0) is 11.3 Å². The Balaban J connectivity index is 1.41. The van der Waals surface area contributed by atoms with Crippen molar-refractivity contribution in [1.82, 2.24) is 25.6 Å². The van der Waals surface area contributed by atoms with Crippen LogP contribution in [-0.4, -0.2) is 44.0 Å². The Kier molecular flexibility index (Phi) is 4.80. The van der Waals surface area contributed by atoms with E-state index in [2.05, 4.69) is 25.9 Å². The molecule has 3 aromatic rings. The van der Waals surface area contributed by atoms with Crippen LogP contribution in [0.5, 0.6) is 11.5 Å². The number of nitrogens with one attached hydrogen (secondary N) is 1. The fourth-order valence-electron chi connectivity index (χ4n) is 2.56. The van der Waals surface area contributed by atoms with E-state index < -0.39 is 10.8 Å². The van der Waals surface area contributed by atoms with Crippen molar-refractivity contribution in [1.29, 1.82) is 0 Å². The SMILES string of the molecule is O=C(Cn1nnc(-c2ccccc2)n1)N/N=C\c1cc2c(cc1[N+](=O)[O-])OCO2. The number of benzene rings is 2. The molecule has 12 nitrogen and oxygen atoms in total. The molecule has 2 aromatic carbocycles. The second-order valence-corrected chi connectivity index (χ2v) is 5.82. The topological polar surface area (TPSA) is 147 Å². The maximum Gasteiger partial charge on any atom is 0.282 e. The molecule has 0 aliphatic carbocycles. The van der Waals surface area contributed by atoms with Gasteiger partial charge in [-0.15, -0.1) is 10.2 Å². The molecule has 0 fully saturated rings. The molecule has 1 N–H and O–H groups in total. The lowest BCUT2D eigenvalue weighted by atomic mass is 10.1. The standard InChI is InChI=1S/C17H13N7O5/c25-16(9-23-21-17(20-22-23)11-4-2-1-3-5-11)19-18-8-12-6-14-15(29-10-28-14)7-13(12)24(26)27/h1-8H,9-10H2,(H,19,25)/b18-8-. The van der Waals surface area contributed by atoms with E-state index in [1.807, 2.05) is 30.3 Å². The molecule has 0 radical (unpaired) electrons. The van der Waals surface area contributed by atoms with Gasteiger partial charge in [-0.3, -0.25) is 14.9 Å². The molecule has 1 amide bonds. The van der Waals surface area contributed by atoms with Crippen LogP contribution < -0.4 is 14.9 Å². The molecule has 12 heteroatoms. The third-order valence-electron chi connectivity index (χ3n) is 3.88. The fourth-order valence-corrected chi connectivity index (χ4v) is 2.56. The lowest BCUT2D eigenvalue weighted by molar-refractivity contribution is -0.385. The van der Waals surface area contributed by atoms with Gasteiger partial charge in [0.1, 0.15) is 6.54 Å². The first kappa shape index (κ1) is 18.0. The van der Waals surface area contributed by atoms with Crippen molar-refractivity contribution < 1.29 is 19.2 Å². The number of aromatic nitrogens is 4. The van der Waals surface area contributed by atoms with Crippen molar-refractivity contribution in [2.75, 3.05) is 6.79 Å². The third-order valence-corrected chi connectivity index (χ3v) is 3.88. The minimum Gasteiger partial charge on any atom is -0.454 e. The van der Waals surface area contributed by atoms with Gasteiger partial charge in [0.15, 0.2) is 11.5 Å². The van der Waals surface area contributed by atoms with Crippen molar-refractivity contribution in [2.24, 2.45) is 5.10 Å². The molecule has 1 aliphatic rings. The predicted octanol–water partition coefficient (Wildman–Crippen LogP) is 1.13. The molecule has 2 heterocycles. The Hall–Kier alpha value is -4.35. The number of nitro groups is 1. The summed E-state index contributed by atoms with van der Waals surface area (Å²) in [6, 6.07) is 11.9. The number of ether oxygens (including phenoxy) is 2. The summed E-state index contributed by atoms with van der Waals surface area (Å²) in [4.78, 5) is 23.8. The second kappa shape index (κ2) is 7.72. The highest BCUT2D eigenvalue weighted by molar-refractivity contribution is 5.88. The van der Waals surface area contributed by atoms with Gasteiger partial charge in [-0.1, -0.05) is 30.3 Å². The molecule has 0 saturated carbocycles. The average Bonchev–Trinajstić information content (AvgIpc) is 3.37. The quantitative estimate of drug-likeness (QED) is 0.371. The Bertz CT molecular complexity index is 1100. The summed E-state index contributed by atoms with van der Waals surface area (Å²) < 4.78 is 10.3. The first-order valence-electron chi connectivity index (χ1n) is 8.33. The van der Waals surface area contributed by atoms with Crippen molar-refractivity contribution in [3.63, 3.8) is 0 Å². The van der Waals surface area contributed by atoms with Gasteiger partial charge in [0, 0.05) is 5.56 Å². The number of carbonyl (C=O) groups is 1. The summed E-state index contributed by atoms with van der Waals surface area (Å²) in [5, 5.41) is 26.8. The maximum absolute atomic E-state index is 12.0. The number of nitro benzene ring substituents is 1. The molecule has 1 aromatic heterocycles. The van der Waals surface area contributed by atoms with Gasteiger partial charge in [-0.25, -0.2) is 5.43 Å². The van der Waals surface area contributed by atoms with Crippen LogP contribution in [0.2, 0.25) is 0 Å². The first-order valence-corrected chi connectivity index (χ1v) is 8.33. The zero-order valence-corrected chi connectivity index (χ0v) is 14.8. The third kappa shape index (κ3) is 4.00. The normalized spacial score (nSPS) is 12.3. The predicted molar refractivity (Wildman–Crippen MR) is 98.2 cm³/mol. The Labute approximate surface area is 162 Å². The van der Waals surface area contributed by atoms with Crippen LogP contribution in [0.4, 0.5) is 5.69 Å². The Morgan fingerprint density at radius 3 is 2.79 bits per heavy atom. The number of rotatable bonds is 6. The molecule has 0 bridgehead atoms. The molecule has 146 valence electrons. The van der Waals surface area contributed by atoms with Crippen molar-refractivity contribution in [2.45, 2.75) is 6.54 Å². The van der Waals surface area contributed by atoms with Gasteiger partial charge in [-0.2, -0.15) is 9.90 Å². The highest BCUT2D eigenvalue weighted by Crippen LogP contribution is 2.37. The highest BCUT2D eigenvalue weighted by Gasteiger charge is 2.22. The first-order chi connectivity index (χ1) is 14.1. The molecule has 0 saturated heterocycles. The summed E-state index contributed by atoms with van der Waals surface area (Å²) in [6.45, 7) is -0.236. The van der Waals surface area contributed by atoms with Gasteiger partial charge in [0.2, 0.25) is 12.6 Å². The molecule has 29 heavy (non-hydrogen) atoms. The number of nitrogens with zero attached hydrogens (tertiary/aromatic N) is 6. The number of tetrazole rings is 1. The number of amides is 1. The number of hydrogen-bond acceptors (Lipinski definition) is 9. The lowest BCUT2D eigenvalue weighted by Gasteiger charge is -2.01. The summed E-state index contributed by atoms with van der Waals surface area (Å²) in [6.07, 6.45) is 1.15. The molecule has 4 rings (SSSR count). The smallest absolute Gasteiger partial charge is 0.282 e. The molecule has 1 aliphatic heterocycles. The lowest BCUT2D eigenvalue weighted by Crippen LogP contribution is -2.24. The number of hydrazone groups is 1. The zero-order chi connectivity index (χ0) is 20.2. The molecule has 0 unspecified atom stereocenters. The van der Waals surface area contributed by atoms with Crippen molar-refractivity contribution >= 4 is 17.8 Å². The van der Waals surface area contributed by atoms with Crippen LogP contribution >= 0.6 is 0 Å². The van der Waals surface area contributed by atoms with E-state index in [-0.39, 0.29) is 30.3 Å². The van der Waals surface area contributed by atoms with Crippen LogP contribution in [0.15, 0.2) is 47.6 Å². The summed E-state index contributed by atoms with van der Waals surface area (Å²) >= 11 is 0. The van der Waals surface area contributed by atoms with E-state index in [1.165, 1.54) is 12.1 Å². The zero-order valence-electron chi connectivity index (χ0n) is 14.8. The van der Waals surface area contributed by atoms with E-state index in [4.69, 9.17) is 9.47 Å². The van der Waals surface area contributed by atoms with Gasteiger partial charge >= 0.3 is 0 Å². The fraction of sp³-hybridized carbons (Fsp3) is 0.118. The van der Waals surface area contributed by atoms with Gasteiger partial charge < -0.3 is 9.47 Å². The van der Waals surface area contributed by atoms with E-state index in [9.17, 15) is 14.9 Å². The van der Waals surface area contributed by atoms with Crippen LogP contribution in [0.1, 0.15) is 5.56 Å². The van der Waals surface area contributed by atoms with Crippen LogP contribution in [0.25, 0.3) is 11.4 Å². The van der Waals surface area contributed by atoms with Crippen molar-refractivity contribution in [3.8, 4) is 22.9 Å². The molecular weight excluding hydrogens is 382 g/mol. The largest absolute Gasteiger partial charge is 0.454 e. The molecule has 0 atom stereocenters. The number of hydrogen-bond donors (Lipinski definition) is 1. The van der Waals surface area contributed by atoms with E-state index in [1.54, 1.807) is 0 Å². The maximum atomic E-state index is 12.0. The van der Waals surface area contributed by atoms with E-state index >= 15 is 0 Å². The molecule has 0 spiro atoms. The van der Waals surface area contributed by atoms with E-state index in [0.717, 1.165) is 16.6 Å². The minimum absolute atomic E-state index is 0.0142. The monoisotopic (exact) mass is 395 g/mol. The molecular formula is C17H13N7O5. The van der Waals surface area contributed by atoms with Gasteiger partial charge in [0.05, 0.1) is 22.8 Å². The summed E-state index contributed by atoms with van der Waals surface area (Å²) in [7, 11) is 0. The Morgan fingerprint density at radius 2 is 2.03 bits per heavy atom. The van der Waals surface area contributed by atoms with Crippen LogP contribution in [0.3, 0.4) is 0 Å². The summed E-state index contributed by atoms with van der Waals surface area (Å²) in [5.74, 6) is 0.507. The van der Waals surface area contributed by atoms with Crippen molar-refractivity contribution in [3.05, 3.63) is 58.1 Å².